The first kappa shape index (κ1) is 16.7. The summed E-state index contributed by atoms with van der Waals surface area (Å²) >= 11 is 1.82. The van der Waals surface area contributed by atoms with Gasteiger partial charge in [-0.1, -0.05) is 27.7 Å². The molecule has 1 fully saturated rings. The normalized spacial score (nSPS) is 23.0. The lowest BCUT2D eigenvalue weighted by atomic mass is 9.89. The monoisotopic (exact) mass is 311 g/mol. The molecule has 2 rings (SSSR count). The fraction of sp³-hybridized carbons (Fsp3) is 0.812. The summed E-state index contributed by atoms with van der Waals surface area (Å²) in [5, 5.41) is 4.66. The van der Waals surface area contributed by atoms with Gasteiger partial charge in [-0.2, -0.15) is 0 Å². The summed E-state index contributed by atoms with van der Waals surface area (Å²) in [4.78, 5) is 8.60. The molecular weight excluding hydrogens is 282 g/mol. The molecule has 2 unspecified atom stereocenters. The number of hydrogen-bond acceptors (Lipinski definition) is 5. The van der Waals surface area contributed by atoms with Crippen molar-refractivity contribution in [2.75, 3.05) is 25.1 Å². The van der Waals surface area contributed by atoms with E-state index in [-0.39, 0.29) is 0 Å². The number of methoxy groups -OCH3 is 1. The van der Waals surface area contributed by atoms with Crippen molar-refractivity contribution >= 4 is 16.5 Å². The van der Waals surface area contributed by atoms with Crippen LogP contribution in [-0.2, 0) is 17.9 Å². The smallest absolute Gasteiger partial charge is 0.185 e. The molecule has 1 N–H and O–H groups in total. The molecule has 0 amide bonds. The van der Waals surface area contributed by atoms with Gasteiger partial charge in [0, 0.05) is 37.7 Å². The van der Waals surface area contributed by atoms with E-state index in [0.29, 0.717) is 12.6 Å². The Morgan fingerprint density at radius 1 is 1.38 bits per heavy atom. The second-order valence-corrected chi connectivity index (χ2v) is 7.59. The van der Waals surface area contributed by atoms with Gasteiger partial charge in [-0.3, -0.25) is 0 Å². The molecule has 1 aromatic heterocycles. The van der Waals surface area contributed by atoms with Gasteiger partial charge in [-0.15, -0.1) is 11.3 Å². The maximum atomic E-state index is 5.31. The molecule has 1 aliphatic heterocycles. The van der Waals surface area contributed by atoms with Crippen LogP contribution < -0.4 is 10.2 Å². The number of piperidine rings is 1. The van der Waals surface area contributed by atoms with Crippen LogP contribution in [0.4, 0.5) is 5.13 Å². The molecule has 120 valence electrons. The number of rotatable bonds is 6. The Labute approximate surface area is 132 Å². The van der Waals surface area contributed by atoms with Crippen LogP contribution in [0.25, 0.3) is 0 Å². The van der Waals surface area contributed by atoms with E-state index >= 15 is 0 Å². The predicted molar refractivity (Wildman–Crippen MR) is 90.0 cm³/mol. The number of nitrogens with zero attached hydrogens (tertiary/aromatic N) is 2. The first-order valence-corrected chi connectivity index (χ1v) is 8.78. The van der Waals surface area contributed by atoms with Gasteiger partial charge in [0.1, 0.15) is 0 Å². The van der Waals surface area contributed by atoms with Gasteiger partial charge in [-0.25, -0.2) is 4.98 Å². The van der Waals surface area contributed by atoms with E-state index in [2.05, 4.69) is 37.9 Å². The fourth-order valence-electron chi connectivity index (χ4n) is 2.63. The Bertz CT molecular complexity index is 447. The second-order valence-electron chi connectivity index (χ2n) is 6.52. The largest absolute Gasteiger partial charge is 0.378 e. The average molecular weight is 311 g/mol. The van der Waals surface area contributed by atoms with Crippen molar-refractivity contribution in [2.45, 2.75) is 53.3 Å². The minimum absolute atomic E-state index is 0.488. The quantitative estimate of drug-likeness (QED) is 0.875. The van der Waals surface area contributed by atoms with Crippen LogP contribution in [-0.4, -0.2) is 31.2 Å². The SMILES string of the molecule is COCc1nc(N2CCC(C)C(C)C2)sc1CNC(C)C. The molecule has 4 nitrogen and oxygen atoms in total. The minimum Gasteiger partial charge on any atom is -0.378 e. The molecular formula is C16H29N3OS. The highest BCUT2D eigenvalue weighted by Crippen LogP contribution is 2.32. The molecule has 0 aromatic carbocycles. The van der Waals surface area contributed by atoms with Gasteiger partial charge in [0.25, 0.3) is 0 Å². The van der Waals surface area contributed by atoms with E-state index in [1.54, 1.807) is 7.11 Å². The minimum atomic E-state index is 0.488. The average Bonchev–Trinajstić information content (AvgIpc) is 2.83. The Morgan fingerprint density at radius 2 is 2.14 bits per heavy atom. The number of ether oxygens (including phenoxy) is 1. The lowest BCUT2D eigenvalue weighted by molar-refractivity contribution is 0.181. The lowest BCUT2D eigenvalue weighted by Gasteiger charge is -2.35. The molecule has 0 spiro atoms. The fourth-order valence-corrected chi connectivity index (χ4v) is 3.68. The third kappa shape index (κ3) is 4.41. The van der Waals surface area contributed by atoms with Crippen LogP contribution in [0.3, 0.4) is 0 Å². The molecule has 1 saturated heterocycles. The van der Waals surface area contributed by atoms with Gasteiger partial charge < -0.3 is 15.0 Å². The van der Waals surface area contributed by atoms with Gasteiger partial charge >= 0.3 is 0 Å². The topological polar surface area (TPSA) is 37.4 Å². The third-order valence-electron chi connectivity index (χ3n) is 4.32. The Balaban J connectivity index is 2.10. The Kier molecular flexibility index (Phi) is 6.02. The lowest BCUT2D eigenvalue weighted by Crippen LogP contribution is -2.38. The molecule has 21 heavy (non-hydrogen) atoms. The number of nitrogens with one attached hydrogen (secondary N) is 1. The van der Waals surface area contributed by atoms with Crippen molar-refractivity contribution in [1.82, 2.24) is 10.3 Å². The summed E-state index contributed by atoms with van der Waals surface area (Å²) in [5.74, 6) is 1.56. The molecule has 2 heterocycles. The van der Waals surface area contributed by atoms with Crippen molar-refractivity contribution in [1.29, 1.82) is 0 Å². The molecule has 1 aromatic rings. The zero-order chi connectivity index (χ0) is 15.4. The van der Waals surface area contributed by atoms with Crippen molar-refractivity contribution in [3.63, 3.8) is 0 Å². The maximum absolute atomic E-state index is 5.31. The van der Waals surface area contributed by atoms with E-state index in [9.17, 15) is 0 Å². The molecule has 2 atom stereocenters. The van der Waals surface area contributed by atoms with Crippen molar-refractivity contribution in [3.8, 4) is 0 Å². The second kappa shape index (κ2) is 7.56. The molecule has 0 aliphatic carbocycles. The zero-order valence-electron chi connectivity index (χ0n) is 14.0. The molecule has 1 aliphatic rings. The van der Waals surface area contributed by atoms with Gasteiger partial charge in [0.05, 0.1) is 12.3 Å². The summed E-state index contributed by atoms with van der Waals surface area (Å²) in [5.41, 5.74) is 1.09. The van der Waals surface area contributed by atoms with Crippen LogP contribution in [0.1, 0.15) is 44.7 Å². The van der Waals surface area contributed by atoms with E-state index in [1.807, 2.05) is 11.3 Å². The van der Waals surface area contributed by atoms with Crippen LogP contribution >= 0.6 is 11.3 Å². The highest BCUT2D eigenvalue weighted by molar-refractivity contribution is 7.15. The third-order valence-corrected chi connectivity index (χ3v) is 5.48. The van der Waals surface area contributed by atoms with Crippen molar-refractivity contribution in [2.24, 2.45) is 11.8 Å². The zero-order valence-corrected chi connectivity index (χ0v) is 14.8. The van der Waals surface area contributed by atoms with Crippen LogP contribution in [0.15, 0.2) is 0 Å². The highest BCUT2D eigenvalue weighted by Gasteiger charge is 2.25. The van der Waals surface area contributed by atoms with Crippen LogP contribution in [0.2, 0.25) is 0 Å². The van der Waals surface area contributed by atoms with E-state index in [1.165, 1.54) is 16.4 Å². The van der Waals surface area contributed by atoms with Crippen molar-refractivity contribution < 1.29 is 4.74 Å². The number of thiazole rings is 1. The Hall–Kier alpha value is -0.650. The molecule has 0 bridgehead atoms. The number of aromatic nitrogens is 1. The highest BCUT2D eigenvalue weighted by atomic mass is 32.1. The first-order chi connectivity index (χ1) is 10.0. The van der Waals surface area contributed by atoms with Crippen molar-refractivity contribution in [3.05, 3.63) is 10.6 Å². The van der Waals surface area contributed by atoms with Gasteiger partial charge in [0.15, 0.2) is 5.13 Å². The summed E-state index contributed by atoms with van der Waals surface area (Å²) in [6.07, 6.45) is 1.26. The summed E-state index contributed by atoms with van der Waals surface area (Å²) in [6, 6.07) is 0.488. The summed E-state index contributed by atoms with van der Waals surface area (Å²) in [7, 11) is 1.74. The number of hydrogen-bond donors (Lipinski definition) is 1. The molecule has 0 saturated carbocycles. The Morgan fingerprint density at radius 3 is 2.76 bits per heavy atom. The van der Waals surface area contributed by atoms with Gasteiger partial charge in [0.2, 0.25) is 0 Å². The van der Waals surface area contributed by atoms with E-state index in [0.717, 1.165) is 37.2 Å². The summed E-state index contributed by atoms with van der Waals surface area (Å²) < 4.78 is 5.31. The first-order valence-electron chi connectivity index (χ1n) is 7.97. The number of anilines is 1. The van der Waals surface area contributed by atoms with Crippen LogP contribution in [0.5, 0.6) is 0 Å². The molecule has 5 heteroatoms. The van der Waals surface area contributed by atoms with Crippen LogP contribution in [0, 0.1) is 11.8 Å². The standard InChI is InChI=1S/C16H29N3OS/c1-11(2)17-8-15-14(10-20-5)18-16(21-15)19-7-6-12(3)13(4)9-19/h11-13,17H,6-10H2,1-5H3. The predicted octanol–water partition coefficient (Wildman–Crippen LogP) is 3.27. The maximum Gasteiger partial charge on any atom is 0.185 e. The van der Waals surface area contributed by atoms with E-state index in [4.69, 9.17) is 9.72 Å². The van der Waals surface area contributed by atoms with Gasteiger partial charge in [-0.05, 0) is 18.3 Å². The molecule has 0 radical (unpaired) electrons. The van der Waals surface area contributed by atoms with E-state index < -0.39 is 0 Å². The summed E-state index contributed by atoms with van der Waals surface area (Å²) in [6.45, 7) is 12.8.